The van der Waals surface area contributed by atoms with Gasteiger partial charge in [-0.1, -0.05) is 31.9 Å². The first-order chi connectivity index (χ1) is 10.6. The van der Waals surface area contributed by atoms with E-state index >= 15 is 0 Å². The molecule has 0 atom stereocenters. The summed E-state index contributed by atoms with van der Waals surface area (Å²) in [7, 11) is 0. The Morgan fingerprint density at radius 2 is 1.64 bits per heavy atom. The molecule has 0 aromatic carbocycles. The SMILES string of the molecule is C=C(C1CCC(C=C(F)C#N)CC1)C1CCC(CCC)CC1. The van der Waals surface area contributed by atoms with Crippen LogP contribution in [0.2, 0.25) is 0 Å². The molecular weight excluding hydrogens is 273 g/mol. The standard InChI is InChI=1S/C20H30FN/c1-3-4-16-5-9-18(10-6-16)15(2)19-11-7-17(8-12-19)13-20(21)14-22/h13,16-19H,2-12H2,1H3. The first kappa shape index (κ1) is 17.3. The molecule has 0 aromatic heterocycles. The maximum Gasteiger partial charge on any atom is 0.196 e. The van der Waals surface area contributed by atoms with Gasteiger partial charge in [-0.3, -0.25) is 0 Å². The highest BCUT2D eigenvalue weighted by molar-refractivity contribution is 5.15. The maximum atomic E-state index is 13.0. The molecule has 2 saturated carbocycles. The summed E-state index contributed by atoms with van der Waals surface area (Å²) >= 11 is 0. The van der Waals surface area contributed by atoms with Crippen molar-refractivity contribution in [3.05, 3.63) is 24.1 Å². The van der Waals surface area contributed by atoms with Crippen molar-refractivity contribution in [1.82, 2.24) is 0 Å². The monoisotopic (exact) mass is 303 g/mol. The second-order valence-corrected chi connectivity index (χ2v) is 7.32. The zero-order valence-corrected chi connectivity index (χ0v) is 14.0. The molecule has 2 heteroatoms. The van der Waals surface area contributed by atoms with Crippen LogP contribution in [0.1, 0.15) is 71.1 Å². The van der Waals surface area contributed by atoms with Gasteiger partial charge in [0.2, 0.25) is 0 Å². The van der Waals surface area contributed by atoms with Gasteiger partial charge in [-0.2, -0.15) is 9.65 Å². The van der Waals surface area contributed by atoms with Crippen LogP contribution in [0.3, 0.4) is 0 Å². The molecule has 0 N–H and O–H groups in total. The van der Waals surface area contributed by atoms with Gasteiger partial charge >= 0.3 is 0 Å². The maximum absolute atomic E-state index is 13.0. The Hall–Kier alpha value is -1.10. The van der Waals surface area contributed by atoms with Crippen LogP contribution in [0.5, 0.6) is 0 Å². The number of allylic oxidation sites excluding steroid dienone is 3. The summed E-state index contributed by atoms with van der Waals surface area (Å²) in [5.41, 5.74) is 1.47. The third-order valence-electron chi connectivity index (χ3n) is 5.85. The highest BCUT2D eigenvalue weighted by Gasteiger charge is 2.29. The Kier molecular flexibility index (Phi) is 6.68. The van der Waals surface area contributed by atoms with E-state index in [1.165, 1.54) is 50.2 Å². The minimum absolute atomic E-state index is 0.254. The second kappa shape index (κ2) is 8.51. The molecule has 2 rings (SSSR count). The van der Waals surface area contributed by atoms with E-state index in [4.69, 9.17) is 5.26 Å². The Labute approximate surface area is 135 Å². The summed E-state index contributed by atoms with van der Waals surface area (Å²) in [5.74, 6) is 1.94. The quantitative estimate of drug-likeness (QED) is 0.430. The summed E-state index contributed by atoms with van der Waals surface area (Å²) < 4.78 is 13.0. The molecule has 0 aromatic rings. The van der Waals surface area contributed by atoms with Crippen LogP contribution in [0.25, 0.3) is 0 Å². The van der Waals surface area contributed by atoms with Crippen LogP contribution in [0.4, 0.5) is 4.39 Å². The van der Waals surface area contributed by atoms with E-state index in [1.54, 1.807) is 6.07 Å². The topological polar surface area (TPSA) is 23.8 Å². The Bertz CT molecular complexity index is 429. The smallest absolute Gasteiger partial charge is 0.195 e. The van der Waals surface area contributed by atoms with Crippen molar-refractivity contribution in [2.75, 3.05) is 0 Å². The highest BCUT2D eigenvalue weighted by atomic mass is 19.1. The highest BCUT2D eigenvalue weighted by Crippen LogP contribution is 2.42. The van der Waals surface area contributed by atoms with Crippen molar-refractivity contribution in [3.8, 4) is 6.07 Å². The Morgan fingerprint density at radius 3 is 2.14 bits per heavy atom. The molecule has 0 radical (unpaired) electrons. The molecule has 0 bridgehead atoms. The van der Waals surface area contributed by atoms with Crippen molar-refractivity contribution in [2.24, 2.45) is 23.7 Å². The van der Waals surface area contributed by atoms with Gasteiger partial charge in [0.1, 0.15) is 6.07 Å². The summed E-state index contributed by atoms with van der Waals surface area (Å²) in [6.07, 6.45) is 13.9. The molecule has 0 amide bonds. The molecule has 0 saturated heterocycles. The fourth-order valence-corrected chi connectivity index (χ4v) is 4.46. The van der Waals surface area contributed by atoms with Crippen molar-refractivity contribution in [2.45, 2.75) is 71.1 Å². The average molecular weight is 303 g/mol. The van der Waals surface area contributed by atoms with Gasteiger partial charge in [0.25, 0.3) is 0 Å². The van der Waals surface area contributed by atoms with Gasteiger partial charge in [-0.15, -0.1) is 0 Å². The average Bonchev–Trinajstić information content (AvgIpc) is 2.56. The number of nitriles is 1. The third-order valence-corrected chi connectivity index (χ3v) is 5.85. The molecule has 2 aliphatic carbocycles. The van der Waals surface area contributed by atoms with Crippen LogP contribution in [0.15, 0.2) is 24.1 Å². The van der Waals surface area contributed by atoms with Crippen LogP contribution in [-0.2, 0) is 0 Å². The number of nitrogens with zero attached hydrogens (tertiary/aromatic N) is 1. The lowest BCUT2D eigenvalue weighted by molar-refractivity contribution is 0.255. The van der Waals surface area contributed by atoms with E-state index in [2.05, 4.69) is 13.5 Å². The van der Waals surface area contributed by atoms with E-state index in [0.717, 1.165) is 37.5 Å². The van der Waals surface area contributed by atoms with E-state index in [9.17, 15) is 4.39 Å². The lowest BCUT2D eigenvalue weighted by Gasteiger charge is -2.35. The van der Waals surface area contributed by atoms with Crippen LogP contribution in [-0.4, -0.2) is 0 Å². The van der Waals surface area contributed by atoms with E-state index in [-0.39, 0.29) is 5.92 Å². The van der Waals surface area contributed by atoms with Gasteiger partial charge < -0.3 is 0 Å². The molecule has 122 valence electrons. The normalized spacial score (nSPS) is 33.2. The van der Waals surface area contributed by atoms with Gasteiger partial charge in [0, 0.05) is 0 Å². The summed E-state index contributed by atoms with van der Waals surface area (Å²) in [4.78, 5) is 0. The molecule has 0 heterocycles. The molecule has 2 fully saturated rings. The molecule has 2 aliphatic rings. The molecule has 22 heavy (non-hydrogen) atoms. The first-order valence-corrected chi connectivity index (χ1v) is 9.10. The predicted molar refractivity (Wildman–Crippen MR) is 89.7 cm³/mol. The lowest BCUT2D eigenvalue weighted by Crippen LogP contribution is -2.22. The summed E-state index contributed by atoms with van der Waals surface area (Å²) in [5, 5.41) is 8.53. The number of halogens is 1. The summed E-state index contributed by atoms with van der Waals surface area (Å²) in [6.45, 7) is 6.72. The largest absolute Gasteiger partial charge is 0.196 e. The number of hydrogen-bond donors (Lipinski definition) is 0. The van der Waals surface area contributed by atoms with Crippen LogP contribution < -0.4 is 0 Å². The molecule has 0 aliphatic heterocycles. The fraction of sp³-hybridized carbons (Fsp3) is 0.750. The van der Waals surface area contributed by atoms with E-state index in [1.807, 2.05) is 0 Å². The van der Waals surface area contributed by atoms with E-state index in [0.29, 0.717) is 5.92 Å². The molecule has 0 unspecified atom stereocenters. The van der Waals surface area contributed by atoms with Gasteiger partial charge in [0.05, 0.1) is 0 Å². The van der Waals surface area contributed by atoms with Crippen molar-refractivity contribution in [1.29, 1.82) is 5.26 Å². The van der Waals surface area contributed by atoms with Crippen LogP contribution in [0, 0.1) is 35.0 Å². The van der Waals surface area contributed by atoms with Crippen molar-refractivity contribution >= 4 is 0 Å². The van der Waals surface area contributed by atoms with Crippen LogP contribution >= 0.6 is 0 Å². The zero-order chi connectivity index (χ0) is 15.9. The Morgan fingerprint density at radius 1 is 1.09 bits per heavy atom. The molecule has 1 nitrogen and oxygen atoms in total. The second-order valence-electron chi connectivity index (χ2n) is 7.32. The lowest BCUT2D eigenvalue weighted by atomic mass is 9.70. The number of hydrogen-bond acceptors (Lipinski definition) is 1. The molecular formula is C20H30FN. The van der Waals surface area contributed by atoms with Gasteiger partial charge in [0.15, 0.2) is 5.83 Å². The predicted octanol–water partition coefficient (Wildman–Crippen LogP) is 6.33. The third kappa shape index (κ3) is 4.70. The molecule has 0 spiro atoms. The van der Waals surface area contributed by atoms with Crippen molar-refractivity contribution in [3.63, 3.8) is 0 Å². The van der Waals surface area contributed by atoms with Gasteiger partial charge in [-0.05, 0) is 81.1 Å². The van der Waals surface area contributed by atoms with Gasteiger partial charge in [-0.25, -0.2) is 0 Å². The van der Waals surface area contributed by atoms with E-state index < -0.39 is 5.83 Å². The minimum atomic E-state index is -0.614. The number of rotatable bonds is 5. The Balaban J connectivity index is 1.77. The van der Waals surface area contributed by atoms with Crippen molar-refractivity contribution < 1.29 is 4.39 Å². The first-order valence-electron chi connectivity index (χ1n) is 9.10. The minimum Gasteiger partial charge on any atom is -0.195 e. The summed E-state index contributed by atoms with van der Waals surface area (Å²) in [6, 6.07) is 1.59. The fourth-order valence-electron chi connectivity index (χ4n) is 4.46. The zero-order valence-electron chi connectivity index (χ0n) is 14.0.